The first-order valence-corrected chi connectivity index (χ1v) is 7.02. The molecule has 0 radical (unpaired) electrons. The minimum absolute atomic E-state index is 0.0334. The van der Waals surface area contributed by atoms with Crippen LogP contribution < -0.4 is 5.32 Å². The lowest BCUT2D eigenvalue weighted by Gasteiger charge is -2.16. The van der Waals surface area contributed by atoms with E-state index in [9.17, 15) is 9.59 Å². The van der Waals surface area contributed by atoms with Crippen LogP contribution >= 0.6 is 0 Å². The fourth-order valence-corrected chi connectivity index (χ4v) is 2.72. The van der Waals surface area contributed by atoms with Crippen LogP contribution in [0.15, 0.2) is 0 Å². The van der Waals surface area contributed by atoms with E-state index in [2.05, 4.69) is 15.5 Å². The maximum Gasteiger partial charge on any atom is 0.222 e. The molecule has 1 aromatic rings. The van der Waals surface area contributed by atoms with Crippen LogP contribution in [0.1, 0.15) is 36.7 Å². The van der Waals surface area contributed by atoms with Gasteiger partial charge in [0.25, 0.3) is 0 Å². The molecule has 0 bridgehead atoms. The molecule has 1 saturated heterocycles. The van der Waals surface area contributed by atoms with E-state index in [1.807, 2.05) is 18.7 Å². The van der Waals surface area contributed by atoms with E-state index in [4.69, 9.17) is 0 Å². The molecule has 6 nitrogen and oxygen atoms in total. The zero-order valence-corrected chi connectivity index (χ0v) is 12.3. The van der Waals surface area contributed by atoms with Crippen LogP contribution in [0.5, 0.6) is 0 Å². The SMILES string of the molecule is CC(=O)N[C@H]1CCN(C(=O)CCc2c(C)n[nH]c2C)C1. The summed E-state index contributed by atoms with van der Waals surface area (Å²) in [4.78, 5) is 25.0. The summed E-state index contributed by atoms with van der Waals surface area (Å²) in [6, 6.07) is 0.105. The third-order valence-corrected chi connectivity index (χ3v) is 3.82. The first kappa shape index (κ1) is 14.6. The molecule has 20 heavy (non-hydrogen) atoms. The third-order valence-electron chi connectivity index (χ3n) is 3.82. The Morgan fingerprint density at radius 2 is 2.20 bits per heavy atom. The molecule has 2 rings (SSSR count). The van der Waals surface area contributed by atoms with Gasteiger partial charge in [-0.25, -0.2) is 0 Å². The lowest BCUT2D eigenvalue weighted by atomic mass is 10.1. The number of aryl methyl sites for hydroxylation is 2. The standard InChI is InChI=1S/C14H22N4O2/c1-9-13(10(2)17-16-9)4-5-14(20)18-7-6-12(8-18)15-11(3)19/h12H,4-8H2,1-3H3,(H,15,19)(H,16,17)/t12-/m0/s1. The molecule has 1 aromatic heterocycles. The number of rotatable bonds is 4. The highest BCUT2D eigenvalue weighted by Gasteiger charge is 2.26. The van der Waals surface area contributed by atoms with Crippen LogP contribution in [-0.2, 0) is 16.0 Å². The second-order valence-corrected chi connectivity index (χ2v) is 5.44. The van der Waals surface area contributed by atoms with Crippen molar-refractivity contribution in [3.8, 4) is 0 Å². The number of H-pyrrole nitrogens is 1. The van der Waals surface area contributed by atoms with Gasteiger partial charge in [0.05, 0.1) is 5.69 Å². The summed E-state index contributed by atoms with van der Waals surface area (Å²) in [5.41, 5.74) is 3.14. The lowest BCUT2D eigenvalue weighted by Crippen LogP contribution is -2.37. The smallest absolute Gasteiger partial charge is 0.222 e. The van der Waals surface area contributed by atoms with Crippen LogP contribution in [0.25, 0.3) is 0 Å². The molecule has 2 heterocycles. The quantitative estimate of drug-likeness (QED) is 0.851. The predicted octanol–water partition coefficient (Wildman–Crippen LogP) is 0.696. The first-order chi connectivity index (χ1) is 9.47. The van der Waals surface area contributed by atoms with Crippen LogP contribution in [0.2, 0.25) is 0 Å². The van der Waals surface area contributed by atoms with Crippen molar-refractivity contribution >= 4 is 11.8 Å². The molecule has 1 aliphatic heterocycles. The molecule has 110 valence electrons. The summed E-state index contributed by atoms with van der Waals surface area (Å²) in [6.45, 7) is 6.79. The molecule has 1 aliphatic rings. The molecule has 0 saturated carbocycles. The Hall–Kier alpha value is -1.85. The number of carbonyl (C=O) groups is 2. The minimum Gasteiger partial charge on any atom is -0.352 e. The van der Waals surface area contributed by atoms with E-state index in [-0.39, 0.29) is 17.9 Å². The van der Waals surface area contributed by atoms with Gasteiger partial charge in [-0.05, 0) is 32.3 Å². The molecule has 0 unspecified atom stereocenters. The van der Waals surface area contributed by atoms with Gasteiger partial charge in [0.15, 0.2) is 0 Å². The Kier molecular flexibility index (Phi) is 4.42. The normalized spacial score (nSPS) is 18.4. The molecule has 2 N–H and O–H groups in total. The maximum absolute atomic E-state index is 12.2. The number of nitrogens with zero attached hydrogens (tertiary/aromatic N) is 2. The molecule has 2 amide bonds. The Morgan fingerprint density at radius 1 is 1.45 bits per heavy atom. The summed E-state index contributed by atoms with van der Waals surface area (Å²) in [6.07, 6.45) is 2.05. The van der Waals surface area contributed by atoms with E-state index >= 15 is 0 Å². The van der Waals surface area contributed by atoms with Crippen LogP contribution in [0.4, 0.5) is 0 Å². The second-order valence-electron chi connectivity index (χ2n) is 5.44. The number of hydrogen-bond donors (Lipinski definition) is 2. The number of nitrogens with one attached hydrogen (secondary N) is 2. The van der Waals surface area contributed by atoms with Gasteiger partial charge in [-0.2, -0.15) is 5.10 Å². The number of likely N-dealkylation sites (tertiary alicyclic amines) is 1. The molecule has 1 atom stereocenters. The zero-order chi connectivity index (χ0) is 14.7. The van der Waals surface area contributed by atoms with Crippen molar-refractivity contribution in [2.24, 2.45) is 0 Å². The van der Waals surface area contributed by atoms with Gasteiger partial charge in [-0.3, -0.25) is 14.7 Å². The van der Waals surface area contributed by atoms with Crippen molar-refractivity contribution in [3.63, 3.8) is 0 Å². The van der Waals surface area contributed by atoms with Crippen LogP contribution in [0, 0.1) is 13.8 Å². The van der Waals surface area contributed by atoms with Crippen molar-refractivity contribution in [3.05, 3.63) is 17.0 Å². The lowest BCUT2D eigenvalue weighted by molar-refractivity contribution is -0.130. The minimum atomic E-state index is -0.0334. The van der Waals surface area contributed by atoms with Crippen molar-refractivity contribution in [1.82, 2.24) is 20.4 Å². The average Bonchev–Trinajstić information content (AvgIpc) is 2.95. The second kappa shape index (κ2) is 6.07. The van der Waals surface area contributed by atoms with Crippen molar-refractivity contribution < 1.29 is 9.59 Å². The highest BCUT2D eigenvalue weighted by atomic mass is 16.2. The number of amides is 2. The summed E-state index contributed by atoms with van der Waals surface area (Å²) in [5, 5.41) is 9.94. The van der Waals surface area contributed by atoms with Crippen LogP contribution in [0.3, 0.4) is 0 Å². The number of aromatic amines is 1. The molecule has 0 spiro atoms. The molecule has 6 heteroatoms. The molecule has 0 aromatic carbocycles. The number of carbonyl (C=O) groups excluding carboxylic acids is 2. The van der Waals surface area contributed by atoms with Crippen molar-refractivity contribution in [2.45, 2.75) is 46.1 Å². The first-order valence-electron chi connectivity index (χ1n) is 7.02. The van der Waals surface area contributed by atoms with Crippen molar-refractivity contribution in [1.29, 1.82) is 0 Å². The number of aromatic nitrogens is 2. The topological polar surface area (TPSA) is 78.1 Å². The van der Waals surface area contributed by atoms with Gasteiger partial charge in [-0.1, -0.05) is 0 Å². The molecule has 0 aliphatic carbocycles. The van der Waals surface area contributed by atoms with Gasteiger partial charge < -0.3 is 10.2 Å². The molecular formula is C14H22N4O2. The van der Waals surface area contributed by atoms with Crippen LogP contribution in [-0.4, -0.2) is 46.0 Å². The van der Waals surface area contributed by atoms with Gasteiger partial charge in [0.2, 0.25) is 11.8 Å². The highest BCUT2D eigenvalue weighted by molar-refractivity contribution is 5.77. The monoisotopic (exact) mass is 278 g/mol. The van der Waals surface area contributed by atoms with E-state index < -0.39 is 0 Å². The fraction of sp³-hybridized carbons (Fsp3) is 0.643. The summed E-state index contributed by atoms with van der Waals surface area (Å²) < 4.78 is 0. The largest absolute Gasteiger partial charge is 0.352 e. The Balaban J connectivity index is 1.83. The third kappa shape index (κ3) is 3.37. The molecular weight excluding hydrogens is 256 g/mol. The average molecular weight is 278 g/mol. The zero-order valence-electron chi connectivity index (χ0n) is 12.3. The highest BCUT2D eigenvalue weighted by Crippen LogP contribution is 2.15. The molecule has 1 fully saturated rings. The Morgan fingerprint density at radius 3 is 2.80 bits per heavy atom. The number of hydrogen-bond acceptors (Lipinski definition) is 3. The Labute approximate surface area is 118 Å². The summed E-state index contributed by atoms with van der Waals surface area (Å²) in [7, 11) is 0. The van der Waals surface area contributed by atoms with Gasteiger partial charge >= 0.3 is 0 Å². The Bertz CT molecular complexity index is 490. The van der Waals surface area contributed by atoms with E-state index in [1.165, 1.54) is 6.92 Å². The summed E-state index contributed by atoms with van der Waals surface area (Å²) in [5.74, 6) is 0.117. The van der Waals surface area contributed by atoms with E-state index in [1.54, 1.807) is 0 Å². The van der Waals surface area contributed by atoms with Crippen molar-refractivity contribution in [2.75, 3.05) is 13.1 Å². The maximum atomic E-state index is 12.2. The van der Waals surface area contributed by atoms with E-state index in [0.29, 0.717) is 19.4 Å². The predicted molar refractivity (Wildman–Crippen MR) is 75.2 cm³/mol. The van der Waals surface area contributed by atoms with Gasteiger partial charge in [0, 0.05) is 38.2 Å². The van der Waals surface area contributed by atoms with E-state index in [0.717, 1.165) is 29.9 Å². The van der Waals surface area contributed by atoms with Gasteiger partial charge in [0.1, 0.15) is 0 Å². The summed E-state index contributed by atoms with van der Waals surface area (Å²) >= 11 is 0. The van der Waals surface area contributed by atoms with Gasteiger partial charge in [-0.15, -0.1) is 0 Å². The fourth-order valence-electron chi connectivity index (χ4n) is 2.72.